The number of alkyl halides is 3. The van der Waals surface area contributed by atoms with Crippen molar-refractivity contribution in [1.29, 1.82) is 0 Å². The monoisotopic (exact) mass is 400 g/mol. The van der Waals surface area contributed by atoms with Gasteiger partial charge in [-0.05, 0) is 41.0 Å². The Hall–Kier alpha value is -3.35. The predicted octanol–water partition coefficient (Wildman–Crippen LogP) is 4.55. The molecule has 0 spiro atoms. The normalized spacial score (nSPS) is 11.1. The molecular weight excluding hydrogens is 381 g/mol. The van der Waals surface area contributed by atoms with E-state index in [1.807, 2.05) is 35.6 Å². The molecule has 1 N–H and O–H groups in total. The first kappa shape index (κ1) is 20.4. The van der Waals surface area contributed by atoms with Crippen LogP contribution in [-0.4, -0.2) is 23.7 Å². The minimum atomic E-state index is -4.91. The van der Waals surface area contributed by atoms with E-state index in [4.69, 9.17) is 4.74 Å². The van der Waals surface area contributed by atoms with Crippen molar-refractivity contribution in [2.24, 2.45) is 0 Å². The molecule has 4 nitrogen and oxygen atoms in total. The number of hydrogen-bond acceptors (Lipinski definition) is 3. The zero-order chi connectivity index (χ0) is 20.7. The van der Waals surface area contributed by atoms with Crippen LogP contribution in [-0.2, 0) is 17.8 Å². The molecule has 0 fully saturated rings. The number of benzene rings is 2. The lowest BCUT2D eigenvalue weighted by molar-refractivity contribution is -0.173. The summed E-state index contributed by atoms with van der Waals surface area (Å²) in [6.07, 6.45) is -0.934. The Bertz CT molecular complexity index is 945. The third-order valence-corrected chi connectivity index (χ3v) is 4.24. The summed E-state index contributed by atoms with van der Waals surface area (Å²) in [6, 6.07) is 18.5. The summed E-state index contributed by atoms with van der Waals surface area (Å²) in [5.41, 5.74) is 3.21. The first-order valence-electron chi connectivity index (χ1n) is 8.98. The second-order valence-electron chi connectivity index (χ2n) is 6.33. The van der Waals surface area contributed by atoms with Crippen molar-refractivity contribution < 1.29 is 22.7 Å². The average molecular weight is 400 g/mol. The van der Waals surface area contributed by atoms with Gasteiger partial charge in [-0.25, -0.2) is 0 Å². The molecular formula is C22H19F3N2O2. The van der Waals surface area contributed by atoms with Crippen molar-refractivity contribution >= 4 is 5.91 Å². The van der Waals surface area contributed by atoms with Crippen LogP contribution in [0.3, 0.4) is 0 Å². The van der Waals surface area contributed by atoms with Crippen LogP contribution in [0.5, 0.6) is 5.75 Å². The lowest BCUT2D eigenvalue weighted by Crippen LogP contribution is -2.36. The van der Waals surface area contributed by atoms with Gasteiger partial charge in [0.1, 0.15) is 5.75 Å². The summed E-state index contributed by atoms with van der Waals surface area (Å²) >= 11 is 0. The third-order valence-electron chi connectivity index (χ3n) is 4.24. The van der Waals surface area contributed by atoms with Gasteiger partial charge in [0.05, 0.1) is 6.61 Å². The lowest BCUT2D eigenvalue weighted by atomic mass is 10.0. The Balaban J connectivity index is 1.76. The maximum atomic E-state index is 12.4. The molecule has 0 atom stereocenters. The van der Waals surface area contributed by atoms with Crippen LogP contribution < -0.4 is 10.1 Å². The number of halogens is 3. The van der Waals surface area contributed by atoms with Crippen LogP contribution in [0.15, 0.2) is 73.1 Å². The zero-order valence-corrected chi connectivity index (χ0v) is 15.4. The summed E-state index contributed by atoms with van der Waals surface area (Å²) in [7, 11) is 0. The van der Waals surface area contributed by atoms with Crippen molar-refractivity contribution in [2.45, 2.75) is 19.1 Å². The van der Waals surface area contributed by atoms with Gasteiger partial charge in [-0.3, -0.25) is 9.78 Å². The maximum Gasteiger partial charge on any atom is 0.471 e. The van der Waals surface area contributed by atoms with Crippen LogP contribution in [0, 0.1) is 0 Å². The van der Waals surface area contributed by atoms with Crippen LogP contribution in [0.1, 0.15) is 11.1 Å². The highest BCUT2D eigenvalue weighted by Gasteiger charge is 2.38. The first-order chi connectivity index (χ1) is 13.9. The standard InChI is InChI=1S/C22H19F3N2O2/c23-22(24,25)21(28)27-15-17-6-7-20(19(14-17)18-8-11-26-12-9-18)29-13-10-16-4-2-1-3-5-16/h1-9,11-12,14H,10,13,15H2,(H,27,28). The molecule has 150 valence electrons. The Morgan fingerprint density at radius 3 is 2.38 bits per heavy atom. The molecule has 1 amide bonds. The van der Waals surface area contributed by atoms with Crippen LogP contribution in [0.25, 0.3) is 11.1 Å². The quantitative estimate of drug-likeness (QED) is 0.633. The van der Waals surface area contributed by atoms with Crippen molar-refractivity contribution in [3.63, 3.8) is 0 Å². The molecule has 0 unspecified atom stereocenters. The van der Waals surface area contributed by atoms with E-state index in [0.717, 1.165) is 23.1 Å². The number of rotatable bonds is 7. The summed E-state index contributed by atoms with van der Waals surface area (Å²) in [4.78, 5) is 15.1. The molecule has 1 aromatic heterocycles. The average Bonchev–Trinajstić information content (AvgIpc) is 2.73. The number of hydrogen-bond donors (Lipinski definition) is 1. The minimum absolute atomic E-state index is 0.235. The van der Waals surface area contributed by atoms with E-state index in [2.05, 4.69) is 4.98 Å². The van der Waals surface area contributed by atoms with E-state index in [1.165, 1.54) is 0 Å². The highest BCUT2D eigenvalue weighted by atomic mass is 19.4. The molecule has 3 aromatic rings. The molecule has 0 saturated heterocycles. The first-order valence-corrected chi connectivity index (χ1v) is 8.98. The van der Waals surface area contributed by atoms with Crippen LogP contribution in [0.4, 0.5) is 13.2 Å². The molecule has 29 heavy (non-hydrogen) atoms. The molecule has 2 aromatic carbocycles. The van der Waals surface area contributed by atoms with E-state index >= 15 is 0 Å². The molecule has 0 saturated carbocycles. The molecule has 3 rings (SSSR count). The maximum absolute atomic E-state index is 12.4. The van der Waals surface area contributed by atoms with E-state index in [-0.39, 0.29) is 6.54 Å². The SMILES string of the molecule is O=C(NCc1ccc(OCCc2ccccc2)c(-c2ccncc2)c1)C(F)(F)F. The van der Waals surface area contributed by atoms with Gasteiger partial charge in [-0.2, -0.15) is 13.2 Å². The second-order valence-corrected chi connectivity index (χ2v) is 6.33. The largest absolute Gasteiger partial charge is 0.493 e. The Morgan fingerprint density at radius 1 is 0.966 bits per heavy atom. The molecule has 7 heteroatoms. The Morgan fingerprint density at radius 2 is 1.69 bits per heavy atom. The van der Waals surface area contributed by atoms with Gasteiger partial charge in [-0.1, -0.05) is 36.4 Å². The summed E-state index contributed by atoms with van der Waals surface area (Å²) in [5.74, 6) is -1.36. The second kappa shape index (κ2) is 9.23. The highest BCUT2D eigenvalue weighted by Crippen LogP contribution is 2.31. The number of amides is 1. The van der Waals surface area contributed by atoms with Gasteiger partial charge in [0.15, 0.2) is 0 Å². The van der Waals surface area contributed by atoms with Crippen molar-refractivity contribution in [3.8, 4) is 16.9 Å². The molecule has 0 aliphatic carbocycles. The number of pyridine rings is 1. The van der Waals surface area contributed by atoms with Crippen LogP contribution >= 0.6 is 0 Å². The number of carbonyl (C=O) groups excluding carboxylic acids is 1. The van der Waals surface area contributed by atoms with Gasteiger partial charge in [0, 0.05) is 30.9 Å². The molecule has 0 bridgehead atoms. The fourth-order valence-corrected chi connectivity index (χ4v) is 2.78. The smallest absolute Gasteiger partial charge is 0.471 e. The van der Waals surface area contributed by atoms with E-state index < -0.39 is 12.1 Å². The van der Waals surface area contributed by atoms with Crippen LogP contribution in [0.2, 0.25) is 0 Å². The summed E-state index contributed by atoms with van der Waals surface area (Å²) < 4.78 is 43.1. The summed E-state index contributed by atoms with van der Waals surface area (Å²) in [5, 5.41) is 1.88. The number of nitrogens with one attached hydrogen (secondary N) is 1. The predicted molar refractivity (Wildman–Crippen MR) is 103 cm³/mol. The van der Waals surface area contributed by atoms with E-state index in [0.29, 0.717) is 17.9 Å². The number of ether oxygens (including phenoxy) is 1. The highest BCUT2D eigenvalue weighted by molar-refractivity contribution is 5.81. The van der Waals surface area contributed by atoms with Crippen molar-refractivity contribution in [1.82, 2.24) is 10.3 Å². The van der Waals surface area contributed by atoms with Crippen molar-refractivity contribution in [3.05, 3.63) is 84.2 Å². The Kier molecular flexibility index (Phi) is 6.49. The van der Waals surface area contributed by atoms with Gasteiger partial charge >= 0.3 is 12.1 Å². The van der Waals surface area contributed by atoms with Crippen molar-refractivity contribution in [2.75, 3.05) is 6.61 Å². The van der Waals surface area contributed by atoms with Gasteiger partial charge in [-0.15, -0.1) is 0 Å². The van der Waals surface area contributed by atoms with Gasteiger partial charge in [0.2, 0.25) is 0 Å². The fourth-order valence-electron chi connectivity index (χ4n) is 2.78. The minimum Gasteiger partial charge on any atom is -0.493 e. The molecule has 1 heterocycles. The number of carbonyl (C=O) groups is 1. The third kappa shape index (κ3) is 5.81. The lowest BCUT2D eigenvalue weighted by Gasteiger charge is -2.14. The Labute approximate surface area is 166 Å². The van der Waals surface area contributed by atoms with Gasteiger partial charge in [0.25, 0.3) is 0 Å². The number of nitrogens with zero attached hydrogens (tertiary/aromatic N) is 1. The summed E-state index contributed by atoms with van der Waals surface area (Å²) in [6.45, 7) is 0.215. The fraction of sp³-hybridized carbons (Fsp3) is 0.182. The van der Waals surface area contributed by atoms with E-state index in [9.17, 15) is 18.0 Å². The molecule has 0 aliphatic rings. The molecule has 0 radical (unpaired) electrons. The number of aromatic nitrogens is 1. The molecule has 0 aliphatic heterocycles. The zero-order valence-electron chi connectivity index (χ0n) is 15.4. The van der Waals surface area contributed by atoms with Gasteiger partial charge < -0.3 is 10.1 Å². The van der Waals surface area contributed by atoms with E-state index in [1.54, 1.807) is 42.7 Å². The topological polar surface area (TPSA) is 51.2 Å².